The molecule has 1 atom stereocenters. The first-order chi connectivity index (χ1) is 9.20. The van der Waals surface area contributed by atoms with Gasteiger partial charge >= 0.3 is 0 Å². The minimum Gasteiger partial charge on any atom is -0.382 e. The zero-order valence-electron chi connectivity index (χ0n) is 11.0. The van der Waals surface area contributed by atoms with Gasteiger partial charge in [0.2, 0.25) is 5.91 Å². The second kappa shape index (κ2) is 6.49. The van der Waals surface area contributed by atoms with E-state index in [1.54, 1.807) is 29.3 Å². The highest BCUT2D eigenvalue weighted by atomic mass is 32.1. The van der Waals surface area contributed by atoms with Crippen molar-refractivity contribution in [1.29, 1.82) is 0 Å². The SMILES string of the molecule is COC[C@@H](NC(=O)Cc1cccs1)c1ccnn1C. The van der Waals surface area contributed by atoms with Crippen molar-refractivity contribution >= 4 is 17.2 Å². The van der Waals surface area contributed by atoms with Gasteiger partial charge in [-0.15, -0.1) is 11.3 Å². The number of amides is 1. The average Bonchev–Trinajstić information content (AvgIpc) is 3.00. The van der Waals surface area contributed by atoms with E-state index in [2.05, 4.69) is 10.4 Å². The summed E-state index contributed by atoms with van der Waals surface area (Å²) in [6, 6.07) is 5.61. The number of methoxy groups -OCH3 is 1. The lowest BCUT2D eigenvalue weighted by molar-refractivity contribution is -0.121. The number of carbonyl (C=O) groups excluding carboxylic acids is 1. The summed E-state index contributed by atoms with van der Waals surface area (Å²) in [4.78, 5) is 13.1. The summed E-state index contributed by atoms with van der Waals surface area (Å²) in [5, 5.41) is 9.06. The molecule has 0 fully saturated rings. The Balaban J connectivity index is 2.01. The van der Waals surface area contributed by atoms with E-state index in [4.69, 9.17) is 4.74 Å². The van der Waals surface area contributed by atoms with Gasteiger partial charge in [0.05, 0.1) is 24.8 Å². The highest BCUT2D eigenvalue weighted by Crippen LogP contribution is 2.14. The molecule has 19 heavy (non-hydrogen) atoms. The Kier molecular flexibility index (Phi) is 4.70. The van der Waals surface area contributed by atoms with Crippen molar-refractivity contribution in [2.24, 2.45) is 7.05 Å². The van der Waals surface area contributed by atoms with Crippen molar-refractivity contribution < 1.29 is 9.53 Å². The van der Waals surface area contributed by atoms with Crippen LogP contribution in [-0.2, 0) is 23.0 Å². The van der Waals surface area contributed by atoms with Gasteiger partial charge in [-0.3, -0.25) is 9.48 Å². The fraction of sp³-hybridized carbons (Fsp3) is 0.385. The van der Waals surface area contributed by atoms with E-state index in [9.17, 15) is 4.79 Å². The largest absolute Gasteiger partial charge is 0.382 e. The quantitative estimate of drug-likeness (QED) is 0.872. The molecule has 6 heteroatoms. The Morgan fingerprint density at radius 1 is 1.58 bits per heavy atom. The van der Waals surface area contributed by atoms with Crippen LogP contribution in [0.5, 0.6) is 0 Å². The highest BCUT2D eigenvalue weighted by molar-refractivity contribution is 7.10. The number of ether oxygens (including phenoxy) is 1. The van der Waals surface area contributed by atoms with Gasteiger partial charge in [-0.25, -0.2) is 0 Å². The van der Waals surface area contributed by atoms with Gasteiger partial charge in [0.25, 0.3) is 0 Å². The zero-order valence-corrected chi connectivity index (χ0v) is 11.8. The van der Waals surface area contributed by atoms with Gasteiger partial charge in [-0.2, -0.15) is 5.10 Å². The lowest BCUT2D eigenvalue weighted by atomic mass is 10.2. The molecule has 2 aromatic heterocycles. The van der Waals surface area contributed by atoms with Crippen LogP contribution in [0.4, 0.5) is 0 Å². The monoisotopic (exact) mass is 279 g/mol. The van der Waals surface area contributed by atoms with Crippen molar-refractivity contribution in [3.05, 3.63) is 40.3 Å². The lowest BCUT2D eigenvalue weighted by Crippen LogP contribution is -2.33. The number of aromatic nitrogens is 2. The number of nitrogens with zero attached hydrogens (tertiary/aromatic N) is 2. The van der Waals surface area contributed by atoms with Gasteiger partial charge in [-0.1, -0.05) is 6.07 Å². The molecule has 0 aliphatic rings. The molecule has 0 aliphatic heterocycles. The Morgan fingerprint density at radius 3 is 3.00 bits per heavy atom. The number of aryl methyl sites for hydroxylation is 1. The molecule has 1 N–H and O–H groups in total. The minimum atomic E-state index is -0.176. The summed E-state index contributed by atoms with van der Waals surface area (Å²) >= 11 is 1.58. The van der Waals surface area contributed by atoms with Crippen molar-refractivity contribution in [1.82, 2.24) is 15.1 Å². The maximum atomic E-state index is 12.0. The maximum Gasteiger partial charge on any atom is 0.225 e. The van der Waals surface area contributed by atoms with E-state index in [1.165, 1.54) is 0 Å². The molecule has 2 aromatic rings. The Hall–Kier alpha value is -1.66. The fourth-order valence-electron chi connectivity index (χ4n) is 1.91. The molecule has 0 bridgehead atoms. The molecule has 0 saturated heterocycles. The molecule has 0 radical (unpaired) electrons. The molecule has 5 nitrogen and oxygen atoms in total. The molecule has 0 unspecified atom stereocenters. The van der Waals surface area contributed by atoms with Crippen molar-refractivity contribution in [3.63, 3.8) is 0 Å². The fourth-order valence-corrected chi connectivity index (χ4v) is 2.61. The standard InChI is InChI=1S/C13H17N3O2S/c1-16-12(5-6-14-16)11(9-18-2)15-13(17)8-10-4-3-7-19-10/h3-7,11H,8-9H2,1-2H3,(H,15,17)/t11-/m1/s1. The first-order valence-corrected chi connectivity index (χ1v) is 6.87. The van der Waals surface area contributed by atoms with Crippen LogP contribution in [0.2, 0.25) is 0 Å². The third kappa shape index (κ3) is 3.65. The second-order valence-corrected chi connectivity index (χ2v) is 5.24. The van der Waals surface area contributed by atoms with Gasteiger partial charge in [0, 0.05) is 25.2 Å². The Morgan fingerprint density at radius 2 is 2.42 bits per heavy atom. The van der Waals surface area contributed by atoms with Gasteiger partial charge in [0.15, 0.2) is 0 Å². The van der Waals surface area contributed by atoms with Crippen LogP contribution < -0.4 is 5.32 Å². The number of nitrogens with one attached hydrogen (secondary N) is 1. The molecule has 0 spiro atoms. The van der Waals surface area contributed by atoms with Crippen molar-refractivity contribution in [2.45, 2.75) is 12.5 Å². The van der Waals surface area contributed by atoms with E-state index in [0.717, 1.165) is 10.6 Å². The van der Waals surface area contributed by atoms with Gasteiger partial charge < -0.3 is 10.1 Å². The summed E-state index contributed by atoms with van der Waals surface area (Å²) in [5.74, 6) is -0.00861. The first kappa shape index (κ1) is 13.8. The third-order valence-electron chi connectivity index (χ3n) is 2.80. The number of carbonyl (C=O) groups is 1. The first-order valence-electron chi connectivity index (χ1n) is 5.99. The van der Waals surface area contributed by atoms with E-state index in [1.807, 2.05) is 30.6 Å². The Bertz CT molecular complexity index is 522. The number of hydrogen-bond donors (Lipinski definition) is 1. The highest BCUT2D eigenvalue weighted by Gasteiger charge is 2.17. The van der Waals surface area contributed by atoms with E-state index < -0.39 is 0 Å². The summed E-state index contributed by atoms with van der Waals surface area (Å²) in [5.41, 5.74) is 0.932. The van der Waals surface area contributed by atoms with Crippen LogP contribution in [0.25, 0.3) is 0 Å². The van der Waals surface area contributed by atoms with Crippen LogP contribution >= 0.6 is 11.3 Å². The number of hydrogen-bond acceptors (Lipinski definition) is 4. The average molecular weight is 279 g/mol. The topological polar surface area (TPSA) is 56.1 Å². The van der Waals surface area contributed by atoms with Crippen molar-refractivity contribution in [3.8, 4) is 0 Å². The summed E-state index contributed by atoms with van der Waals surface area (Å²) in [6.45, 7) is 0.426. The maximum absolute atomic E-state index is 12.0. The zero-order chi connectivity index (χ0) is 13.7. The molecule has 2 heterocycles. The van der Waals surface area contributed by atoms with Crippen LogP contribution in [0.3, 0.4) is 0 Å². The van der Waals surface area contributed by atoms with E-state index >= 15 is 0 Å². The smallest absolute Gasteiger partial charge is 0.225 e. The molecule has 1 amide bonds. The summed E-state index contributed by atoms with van der Waals surface area (Å²) in [6.07, 6.45) is 2.11. The molecule has 0 saturated carbocycles. The van der Waals surface area contributed by atoms with Crippen molar-refractivity contribution in [2.75, 3.05) is 13.7 Å². The normalized spacial score (nSPS) is 12.3. The van der Waals surface area contributed by atoms with Gasteiger partial charge in [-0.05, 0) is 17.5 Å². The summed E-state index contributed by atoms with van der Waals surface area (Å²) in [7, 11) is 3.47. The molecule has 102 valence electrons. The molecule has 2 rings (SSSR count). The number of rotatable bonds is 6. The van der Waals surface area contributed by atoms with Crippen LogP contribution in [0, 0.1) is 0 Å². The predicted molar refractivity (Wildman–Crippen MR) is 74.0 cm³/mol. The van der Waals surface area contributed by atoms with Crippen LogP contribution in [0.15, 0.2) is 29.8 Å². The van der Waals surface area contributed by atoms with Gasteiger partial charge in [0.1, 0.15) is 0 Å². The lowest BCUT2D eigenvalue weighted by Gasteiger charge is -2.18. The van der Waals surface area contributed by atoms with E-state index in [-0.39, 0.29) is 11.9 Å². The molecule has 0 aliphatic carbocycles. The second-order valence-electron chi connectivity index (χ2n) is 4.21. The van der Waals surface area contributed by atoms with E-state index in [0.29, 0.717) is 13.0 Å². The minimum absolute atomic E-state index is 0.00861. The summed E-state index contributed by atoms with van der Waals surface area (Å²) < 4.78 is 6.91. The van der Waals surface area contributed by atoms with Crippen LogP contribution in [-0.4, -0.2) is 29.4 Å². The number of thiophene rings is 1. The van der Waals surface area contributed by atoms with Crippen LogP contribution in [0.1, 0.15) is 16.6 Å². The molecular weight excluding hydrogens is 262 g/mol. The molecule has 0 aromatic carbocycles. The third-order valence-corrected chi connectivity index (χ3v) is 3.68. The predicted octanol–water partition coefficient (Wildman–Crippen LogP) is 1.53. The molecular formula is C13H17N3O2S. The Labute approximate surface area is 116 Å².